The predicted octanol–water partition coefficient (Wildman–Crippen LogP) is 3.52. The van der Waals surface area contributed by atoms with Gasteiger partial charge in [-0.25, -0.2) is 0 Å². The van der Waals surface area contributed by atoms with Crippen LogP contribution in [0.4, 0.5) is 0 Å². The summed E-state index contributed by atoms with van der Waals surface area (Å²) in [6.45, 7) is 12.7. The fraction of sp³-hybridized carbons (Fsp3) is 0.667. The number of halogens is 1. The average Bonchev–Trinajstić information content (AvgIpc) is 3.18. The summed E-state index contributed by atoms with van der Waals surface area (Å²) in [6, 6.07) is 5.23. The van der Waals surface area contributed by atoms with Crippen molar-refractivity contribution in [3.63, 3.8) is 0 Å². The molecule has 2 bridgehead atoms. The number of hydrogen-bond acceptors (Lipinski definition) is 6. The van der Waals surface area contributed by atoms with Crippen molar-refractivity contribution in [1.82, 2.24) is 10.4 Å². The normalized spacial score (nSPS) is 34.7. The van der Waals surface area contributed by atoms with E-state index in [-0.39, 0.29) is 18.6 Å². The van der Waals surface area contributed by atoms with E-state index in [9.17, 15) is 15.0 Å². The zero-order valence-electron chi connectivity index (χ0n) is 21.1. The molecule has 8 atom stereocenters. The van der Waals surface area contributed by atoms with Crippen molar-refractivity contribution in [1.29, 1.82) is 0 Å². The second-order valence-electron chi connectivity index (χ2n) is 11.1. The Morgan fingerprint density at radius 3 is 2.77 bits per heavy atom. The van der Waals surface area contributed by atoms with Crippen LogP contribution < -0.4 is 10.1 Å². The number of fused-ring (bicyclic) bond motifs is 2. The Bertz CT molecular complexity index is 938. The monoisotopic (exact) mass is 598 g/mol. The van der Waals surface area contributed by atoms with Crippen LogP contribution in [0.2, 0.25) is 0 Å². The van der Waals surface area contributed by atoms with Gasteiger partial charge in [0.15, 0.2) is 0 Å². The Morgan fingerprint density at radius 1 is 1.43 bits per heavy atom. The molecule has 7 nitrogen and oxygen atoms in total. The van der Waals surface area contributed by atoms with Gasteiger partial charge in [0.1, 0.15) is 24.5 Å². The summed E-state index contributed by atoms with van der Waals surface area (Å²) >= 11 is 2.23. The minimum absolute atomic E-state index is 0.105. The number of carbonyl (C=O) groups excluding carboxylic acids is 1. The molecule has 194 valence electrons. The number of benzene rings is 1. The first kappa shape index (κ1) is 26.9. The molecule has 0 aromatic heterocycles. The standard InChI is InChI=1S/C27H39IN2O5/c1-6-10-34-25-17(8-7-9-20(25)28)13-30-24(23(16(3)32)22(14-31)35-30)26(33)29-21-12-18-11-19(15(21)2)27(18,4)5/h6-9,15-16,18-19,21-24,31-32H,1,10-14H2,2-5H3,(H,29,33)/t15-,16-,18+,19-,21-,22-,23+,24-/m0/s1. The van der Waals surface area contributed by atoms with Crippen LogP contribution in [-0.4, -0.2) is 58.7 Å². The molecule has 4 fully saturated rings. The second kappa shape index (κ2) is 10.7. The number of hydrogen-bond donors (Lipinski definition) is 3. The maximum Gasteiger partial charge on any atom is 0.240 e. The van der Waals surface area contributed by atoms with E-state index in [4.69, 9.17) is 9.57 Å². The minimum atomic E-state index is -0.823. The highest BCUT2D eigenvalue weighted by Crippen LogP contribution is 2.61. The number of amides is 1. The average molecular weight is 599 g/mol. The summed E-state index contributed by atoms with van der Waals surface area (Å²) in [5, 5.41) is 25.6. The molecule has 3 saturated carbocycles. The quantitative estimate of drug-likeness (QED) is 0.298. The summed E-state index contributed by atoms with van der Waals surface area (Å²) < 4.78 is 6.86. The van der Waals surface area contributed by atoms with Gasteiger partial charge in [-0.1, -0.05) is 45.6 Å². The van der Waals surface area contributed by atoms with Gasteiger partial charge in [-0.3, -0.25) is 9.63 Å². The maximum absolute atomic E-state index is 13.8. The van der Waals surface area contributed by atoms with E-state index < -0.39 is 24.2 Å². The molecule has 3 aliphatic carbocycles. The van der Waals surface area contributed by atoms with Gasteiger partial charge in [0, 0.05) is 17.5 Å². The summed E-state index contributed by atoms with van der Waals surface area (Å²) in [5.41, 5.74) is 1.20. The molecule has 1 heterocycles. The number of nitrogens with zero attached hydrogens (tertiary/aromatic N) is 1. The highest BCUT2D eigenvalue weighted by molar-refractivity contribution is 14.1. The fourth-order valence-corrected chi connectivity index (χ4v) is 7.34. The van der Waals surface area contributed by atoms with Gasteiger partial charge in [-0.2, -0.15) is 5.06 Å². The number of carbonyl (C=O) groups is 1. The summed E-state index contributed by atoms with van der Waals surface area (Å²) in [4.78, 5) is 19.9. The van der Waals surface area contributed by atoms with E-state index in [1.807, 2.05) is 18.2 Å². The van der Waals surface area contributed by atoms with Crippen LogP contribution in [0.25, 0.3) is 0 Å². The van der Waals surface area contributed by atoms with Crippen molar-refractivity contribution < 1.29 is 24.6 Å². The Hall–Kier alpha value is -1.20. The van der Waals surface area contributed by atoms with Crippen LogP contribution in [0.5, 0.6) is 5.75 Å². The fourth-order valence-electron chi connectivity index (χ4n) is 6.63. The van der Waals surface area contributed by atoms with Crippen molar-refractivity contribution in [3.05, 3.63) is 40.0 Å². The van der Waals surface area contributed by atoms with Crippen LogP contribution in [0.1, 0.15) is 46.1 Å². The highest BCUT2D eigenvalue weighted by atomic mass is 127. The molecule has 1 aliphatic heterocycles. The van der Waals surface area contributed by atoms with Gasteiger partial charge in [-0.15, -0.1) is 0 Å². The van der Waals surface area contributed by atoms with Crippen molar-refractivity contribution in [2.75, 3.05) is 13.2 Å². The van der Waals surface area contributed by atoms with Gasteiger partial charge >= 0.3 is 0 Å². The van der Waals surface area contributed by atoms with Gasteiger partial charge in [-0.05, 0) is 71.6 Å². The minimum Gasteiger partial charge on any atom is -0.488 e. The van der Waals surface area contributed by atoms with E-state index in [0.717, 1.165) is 21.3 Å². The molecule has 5 rings (SSSR count). The van der Waals surface area contributed by atoms with E-state index in [1.165, 1.54) is 6.42 Å². The number of rotatable bonds is 9. The van der Waals surface area contributed by atoms with Crippen LogP contribution in [0.15, 0.2) is 30.9 Å². The molecule has 1 aromatic carbocycles. The molecule has 4 aliphatic rings. The summed E-state index contributed by atoms with van der Waals surface area (Å²) in [5.74, 6) is 1.64. The molecule has 0 radical (unpaired) electrons. The Kier molecular flexibility index (Phi) is 8.17. The molecule has 3 N–H and O–H groups in total. The number of nitrogens with one attached hydrogen (secondary N) is 1. The molecule has 1 saturated heterocycles. The van der Waals surface area contributed by atoms with E-state index in [1.54, 1.807) is 18.1 Å². The first-order valence-corrected chi connectivity index (χ1v) is 13.7. The smallest absolute Gasteiger partial charge is 0.240 e. The van der Waals surface area contributed by atoms with Crippen molar-refractivity contribution >= 4 is 28.5 Å². The molecule has 0 unspecified atom stereocenters. The third-order valence-corrected chi connectivity index (χ3v) is 9.63. The first-order chi connectivity index (χ1) is 16.6. The molecule has 1 amide bonds. The SMILES string of the molecule is C=CCOc1c(I)cccc1CN1O[C@@H](CO)[C@@H]([C@H](C)O)[C@H]1C(=O)N[C@H]1C[C@H]2C[C@@H]([C@@H]1C)C2(C)C. The third kappa shape index (κ3) is 5.01. The Morgan fingerprint density at radius 2 is 2.17 bits per heavy atom. The molecule has 8 heteroatoms. The number of para-hydroxylation sites is 1. The topological polar surface area (TPSA) is 91.3 Å². The lowest BCUT2D eigenvalue weighted by Crippen LogP contribution is -2.62. The van der Waals surface area contributed by atoms with E-state index >= 15 is 0 Å². The molecule has 1 aromatic rings. The zero-order valence-corrected chi connectivity index (χ0v) is 23.3. The van der Waals surface area contributed by atoms with Crippen LogP contribution in [-0.2, 0) is 16.2 Å². The van der Waals surface area contributed by atoms with Crippen molar-refractivity contribution in [2.24, 2.45) is 29.1 Å². The second-order valence-corrected chi connectivity index (χ2v) is 12.2. The molecular formula is C27H39IN2O5. The van der Waals surface area contributed by atoms with Crippen molar-refractivity contribution in [2.45, 2.75) is 71.4 Å². The largest absolute Gasteiger partial charge is 0.488 e. The van der Waals surface area contributed by atoms with Gasteiger partial charge in [0.05, 0.1) is 22.8 Å². The summed E-state index contributed by atoms with van der Waals surface area (Å²) in [7, 11) is 0. The lowest BCUT2D eigenvalue weighted by Gasteiger charge is -2.62. The Balaban J connectivity index is 1.57. The van der Waals surface area contributed by atoms with Crippen molar-refractivity contribution in [3.8, 4) is 5.75 Å². The van der Waals surface area contributed by atoms with Crippen LogP contribution >= 0.6 is 22.6 Å². The zero-order chi connectivity index (χ0) is 25.5. The van der Waals surface area contributed by atoms with E-state index in [0.29, 0.717) is 36.3 Å². The first-order valence-electron chi connectivity index (χ1n) is 12.6. The molecule has 0 spiro atoms. The summed E-state index contributed by atoms with van der Waals surface area (Å²) in [6.07, 6.45) is 2.42. The lowest BCUT2D eigenvalue weighted by atomic mass is 9.45. The Labute approximate surface area is 222 Å². The van der Waals surface area contributed by atoms with E-state index in [2.05, 4.69) is 55.3 Å². The predicted molar refractivity (Wildman–Crippen MR) is 142 cm³/mol. The molecular weight excluding hydrogens is 559 g/mol. The number of aliphatic hydroxyl groups excluding tert-OH is 2. The molecule has 35 heavy (non-hydrogen) atoms. The maximum atomic E-state index is 13.8. The lowest BCUT2D eigenvalue weighted by molar-refractivity contribution is -0.183. The number of aliphatic hydroxyl groups is 2. The van der Waals surface area contributed by atoms with Gasteiger partial charge in [0.2, 0.25) is 5.91 Å². The van der Waals surface area contributed by atoms with Gasteiger partial charge in [0.25, 0.3) is 0 Å². The highest BCUT2D eigenvalue weighted by Gasteiger charge is 2.57. The third-order valence-electron chi connectivity index (χ3n) is 8.78. The van der Waals surface area contributed by atoms with Crippen LogP contribution in [0.3, 0.4) is 0 Å². The van der Waals surface area contributed by atoms with Gasteiger partial charge < -0.3 is 20.3 Å². The number of hydroxylamine groups is 2. The van der Waals surface area contributed by atoms with Crippen LogP contribution in [0, 0.1) is 32.7 Å². The number of ether oxygens (including phenoxy) is 1.